The summed E-state index contributed by atoms with van der Waals surface area (Å²) in [6, 6.07) is 14.7. The van der Waals surface area contributed by atoms with Crippen LogP contribution in [0, 0.1) is 11.3 Å². The normalized spacial score (nSPS) is 11.0. The van der Waals surface area contributed by atoms with E-state index in [1.54, 1.807) is 48.5 Å². The van der Waals surface area contributed by atoms with Crippen LogP contribution < -0.4 is 10.1 Å². The number of amides is 1. The lowest BCUT2D eigenvalue weighted by molar-refractivity contribution is -0.155. The Labute approximate surface area is 156 Å². The molecule has 1 N–H and O–H groups in total. The second kappa shape index (κ2) is 9.15. The van der Waals surface area contributed by atoms with Crippen molar-refractivity contribution in [2.75, 3.05) is 11.9 Å². The minimum atomic E-state index is -1.04. The quantitative estimate of drug-likeness (QED) is 0.597. The van der Waals surface area contributed by atoms with Crippen molar-refractivity contribution in [2.24, 2.45) is 0 Å². The molecular weight excluding hydrogens is 348 g/mol. The van der Waals surface area contributed by atoms with Crippen molar-refractivity contribution < 1.29 is 23.9 Å². The number of nitriles is 1. The van der Waals surface area contributed by atoms with Crippen molar-refractivity contribution in [3.63, 3.8) is 0 Å². The standard InChI is InChI=1S/C20H18N2O5/c1-13(23)16-4-3-5-17(10-16)22-20(25)14(2)27-19(24)12-26-18-8-6-15(11-21)7-9-18/h3-10,14H,12H2,1-2H3,(H,22,25)/t14-/m0/s1. The van der Waals surface area contributed by atoms with Gasteiger partial charge in [0.1, 0.15) is 5.75 Å². The number of Topliss-reactive ketones (excluding diaryl/α,β-unsaturated/α-hetero) is 1. The summed E-state index contributed by atoms with van der Waals surface area (Å²) in [6.07, 6.45) is -1.04. The molecule has 2 aromatic rings. The van der Waals surface area contributed by atoms with Crippen molar-refractivity contribution in [1.29, 1.82) is 5.26 Å². The minimum Gasteiger partial charge on any atom is -0.482 e. The predicted octanol–water partition coefficient (Wildman–Crippen LogP) is 2.71. The highest BCUT2D eigenvalue weighted by atomic mass is 16.6. The zero-order valence-corrected chi connectivity index (χ0v) is 14.9. The van der Waals surface area contributed by atoms with Crippen LogP contribution in [0.2, 0.25) is 0 Å². The highest BCUT2D eigenvalue weighted by molar-refractivity contribution is 5.98. The van der Waals surface area contributed by atoms with Gasteiger partial charge in [0.15, 0.2) is 18.5 Å². The number of anilines is 1. The molecule has 7 nitrogen and oxygen atoms in total. The van der Waals surface area contributed by atoms with E-state index in [4.69, 9.17) is 14.7 Å². The van der Waals surface area contributed by atoms with Crippen molar-refractivity contribution >= 4 is 23.3 Å². The number of nitrogens with one attached hydrogen (secondary N) is 1. The van der Waals surface area contributed by atoms with Gasteiger partial charge < -0.3 is 14.8 Å². The van der Waals surface area contributed by atoms with E-state index in [2.05, 4.69) is 5.32 Å². The third-order valence-electron chi connectivity index (χ3n) is 3.55. The van der Waals surface area contributed by atoms with Crippen LogP contribution in [-0.4, -0.2) is 30.4 Å². The molecule has 0 spiro atoms. The number of hydrogen-bond acceptors (Lipinski definition) is 6. The summed E-state index contributed by atoms with van der Waals surface area (Å²) in [5, 5.41) is 11.3. The maximum absolute atomic E-state index is 12.1. The van der Waals surface area contributed by atoms with Gasteiger partial charge in [0, 0.05) is 11.3 Å². The van der Waals surface area contributed by atoms with E-state index in [0.717, 1.165) is 0 Å². The Kier molecular flexibility index (Phi) is 6.67. The molecular formula is C20H18N2O5. The van der Waals surface area contributed by atoms with Crippen molar-refractivity contribution in [3.8, 4) is 11.8 Å². The van der Waals surface area contributed by atoms with E-state index in [1.807, 2.05) is 6.07 Å². The van der Waals surface area contributed by atoms with Gasteiger partial charge in [-0.1, -0.05) is 12.1 Å². The summed E-state index contributed by atoms with van der Waals surface area (Å²) in [5.74, 6) is -0.948. The smallest absolute Gasteiger partial charge is 0.344 e. The zero-order chi connectivity index (χ0) is 19.8. The summed E-state index contributed by atoms with van der Waals surface area (Å²) in [7, 11) is 0. The summed E-state index contributed by atoms with van der Waals surface area (Å²) < 4.78 is 10.3. The highest BCUT2D eigenvalue weighted by Gasteiger charge is 2.18. The van der Waals surface area contributed by atoms with E-state index in [-0.39, 0.29) is 12.4 Å². The van der Waals surface area contributed by atoms with Crippen LogP contribution in [-0.2, 0) is 14.3 Å². The maximum atomic E-state index is 12.1. The summed E-state index contributed by atoms with van der Waals surface area (Å²) in [4.78, 5) is 35.3. The summed E-state index contributed by atoms with van der Waals surface area (Å²) in [5.41, 5.74) is 1.38. The van der Waals surface area contributed by atoms with Crippen LogP contribution in [0.15, 0.2) is 48.5 Å². The van der Waals surface area contributed by atoms with Gasteiger partial charge in [-0.05, 0) is 50.2 Å². The van der Waals surface area contributed by atoms with Gasteiger partial charge >= 0.3 is 5.97 Å². The molecule has 0 saturated heterocycles. The fourth-order valence-electron chi connectivity index (χ4n) is 2.11. The molecule has 0 unspecified atom stereocenters. The number of benzene rings is 2. The Morgan fingerprint density at radius 1 is 1.15 bits per heavy atom. The van der Waals surface area contributed by atoms with Crippen LogP contribution in [0.5, 0.6) is 5.75 Å². The summed E-state index contributed by atoms with van der Waals surface area (Å²) in [6.45, 7) is 2.49. The SMILES string of the molecule is CC(=O)c1cccc(NC(=O)[C@H](C)OC(=O)COc2ccc(C#N)cc2)c1. The molecule has 1 atom stereocenters. The van der Waals surface area contributed by atoms with Gasteiger partial charge in [0.05, 0.1) is 11.6 Å². The molecule has 0 bridgehead atoms. The van der Waals surface area contributed by atoms with Crippen LogP contribution >= 0.6 is 0 Å². The van der Waals surface area contributed by atoms with E-state index >= 15 is 0 Å². The average Bonchev–Trinajstić information content (AvgIpc) is 2.66. The molecule has 0 aliphatic rings. The van der Waals surface area contributed by atoms with E-state index in [1.165, 1.54) is 13.8 Å². The molecule has 2 rings (SSSR count). The Balaban J connectivity index is 1.84. The monoisotopic (exact) mass is 366 g/mol. The molecule has 0 heterocycles. The highest BCUT2D eigenvalue weighted by Crippen LogP contribution is 2.13. The number of ketones is 1. The van der Waals surface area contributed by atoms with Crippen LogP contribution in [0.1, 0.15) is 29.8 Å². The fourth-order valence-corrected chi connectivity index (χ4v) is 2.11. The number of nitrogens with zero attached hydrogens (tertiary/aromatic N) is 1. The molecule has 0 fully saturated rings. The predicted molar refractivity (Wildman–Crippen MR) is 97.3 cm³/mol. The van der Waals surface area contributed by atoms with Gasteiger partial charge in [0.2, 0.25) is 0 Å². The second-order valence-corrected chi connectivity index (χ2v) is 5.68. The summed E-state index contributed by atoms with van der Waals surface area (Å²) >= 11 is 0. The van der Waals surface area contributed by atoms with Crippen molar-refractivity contribution in [3.05, 3.63) is 59.7 Å². The zero-order valence-electron chi connectivity index (χ0n) is 14.9. The van der Waals surface area contributed by atoms with E-state index < -0.39 is 18.0 Å². The number of hydrogen-bond donors (Lipinski definition) is 1. The molecule has 138 valence electrons. The molecule has 0 aliphatic carbocycles. The number of ether oxygens (including phenoxy) is 2. The number of carbonyl (C=O) groups excluding carboxylic acids is 3. The lowest BCUT2D eigenvalue weighted by Crippen LogP contribution is -2.31. The molecule has 0 aliphatic heterocycles. The Bertz CT molecular complexity index is 884. The lowest BCUT2D eigenvalue weighted by atomic mass is 10.1. The van der Waals surface area contributed by atoms with Crippen LogP contribution in [0.4, 0.5) is 5.69 Å². The minimum absolute atomic E-state index is 0.120. The Morgan fingerprint density at radius 3 is 2.48 bits per heavy atom. The van der Waals surface area contributed by atoms with Gasteiger partial charge in [-0.2, -0.15) is 5.26 Å². The first kappa shape index (κ1) is 19.7. The number of rotatable bonds is 7. The first-order chi connectivity index (χ1) is 12.9. The molecule has 0 saturated carbocycles. The van der Waals surface area contributed by atoms with Crippen molar-refractivity contribution in [2.45, 2.75) is 20.0 Å². The third kappa shape index (κ3) is 5.97. The van der Waals surface area contributed by atoms with E-state index in [9.17, 15) is 14.4 Å². The molecule has 2 aromatic carbocycles. The van der Waals surface area contributed by atoms with Crippen molar-refractivity contribution in [1.82, 2.24) is 0 Å². The molecule has 7 heteroatoms. The number of esters is 1. The largest absolute Gasteiger partial charge is 0.482 e. The van der Waals surface area contributed by atoms with Gasteiger partial charge in [-0.3, -0.25) is 9.59 Å². The van der Waals surface area contributed by atoms with Gasteiger partial charge in [0.25, 0.3) is 5.91 Å². The Hall–Kier alpha value is -3.66. The Morgan fingerprint density at radius 2 is 1.85 bits per heavy atom. The maximum Gasteiger partial charge on any atom is 0.344 e. The van der Waals surface area contributed by atoms with E-state index in [0.29, 0.717) is 22.6 Å². The second-order valence-electron chi connectivity index (χ2n) is 5.68. The number of carbonyl (C=O) groups is 3. The van der Waals surface area contributed by atoms with Crippen LogP contribution in [0.25, 0.3) is 0 Å². The van der Waals surface area contributed by atoms with Gasteiger partial charge in [-0.15, -0.1) is 0 Å². The molecule has 27 heavy (non-hydrogen) atoms. The first-order valence-electron chi connectivity index (χ1n) is 8.13. The van der Waals surface area contributed by atoms with Gasteiger partial charge in [-0.25, -0.2) is 4.79 Å². The molecule has 0 aromatic heterocycles. The topological polar surface area (TPSA) is 105 Å². The first-order valence-corrected chi connectivity index (χ1v) is 8.13. The third-order valence-corrected chi connectivity index (χ3v) is 3.55. The van der Waals surface area contributed by atoms with Crippen LogP contribution in [0.3, 0.4) is 0 Å². The molecule has 0 radical (unpaired) electrons. The average molecular weight is 366 g/mol. The lowest BCUT2D eigenvalue weighted by Gasteiger charge is -2.14. The molecule has 1 amide bonds. The fraction of sp³-hybridized carbons (Fsp3) is 0.200.